The highest BCUT2D eigenvalue weighted by molar-refractivity contribution is 5.88. The lowest BCUT2D eigenvalue weighted by molar-refractivity contribution is 0.465. The van der Waals surface area contributed by atoms with E-state index in [1.807, 2.05) is 48.5 Å². The van der Waals surface area contributed by atoms with Gasteiger partial charge in [0.2, 0.25) is 0 Å². The Bertz CT molecular complexity index is 1170. The van der Waals surface area contributed by atoms with Crippen LogP contribution in [0.1, 0.15) is 22.3 Å². The van der Waals surface area contributed by atoms with Crippen molar-refractivity contribution >= 4 is 11.4 Å². The second-order valence-electron chi connectivity index (χ2n) is 8.32. The van der Waals surface area contributed by atoms with Crippen molar-refractivity contribution in [2.24, 2.45) is 0 Å². The summed E-state index contributed by atoms with van der Waals surface area (Å²) in [7, 11) is 0. The van der Waals surface area contributed by atoms with E-state index < -0.39 is 5.41 Å². The maximum absolute atomic E-state index is 10.5. The molecule has 0 atom stereocenters. The van der Waals surface area contributed by atoms with Crippen molar-refractivity contribution in [3.8, 4) is 22.6 Å². The number of phenolic OH excluding ortho intramolecular Hbond substituents is 2. The molecule has 0 spiro atoms. The van der Waals surface area contributed by atoms with Crippen molar-refractivity contribution in [3.05, 3.63) is 107 Å². The van der Waals surface area contributed by atoms with Gasteiger partial charge in [0.05, 0.1) is 11.4 Å². The molecule has 4 nitrogen and oxygen atoms in total. The number of rotatable bonds is 4. The minimum absolute atomic E-state index is 0.0641. The third-order valence-electron chi connectivity index (χ3n) is 6.35. The maximum atomic E-state index is 10.5. The fourth-order valence-corrected chi connectivity index (χ4v) is 4.92. The van der Waals surface area contributed by atoms with E-state index in [9.17, 15) is 10.2 Å². The quantitative estimate of drug-likeness (QED) is 0.282. The molecule has 0 aliphatic heterocycles. The lowest BCUT2D eigenvalue weighted by Crippen LogP contribution is -2.31. The van der Waals surface area contributed by atoms with Crippen molar-refractivity contribution in [2.45, 2.75) is 18.3 Å². The summed E-state index contributed by atoms with van der Waals surface area (Å²) in [4.78, 5) is 0. The number of aromatic hydroxyl groups is 2. The molecule has 4 aromatic carbocycles. The third kappa shape index (κ3) is 3.08. The maximum Gasteiger partial charge on any atom is 0.138 e. The van der Waals surface area contributed by atoms with E-state index in [1.165, 1.54) is 11.1 Å². The molecule has 6 N–H and O–H groups in total. The Labute approximate surface area is 181 Å². The second-order valence-corrected chi connectivity index (χ2v) is 8.32. The van der Waals surface area contributed by atoms with Crippen LogP contribution in [0.25, 0.3) is 11.1 Å². The molecule has 0 saturated heterocycles. The molecule has 31 heavy (non-hydrogen) atoms. The van der Waals surface area contributed by atoms with Gasteiger partial charge in [-0.05, 0) is 70.5 Å². The van der Waals surface area contributed by atoms with Crippen LogP contribution in [-0.2, 0) is 18.3 Å². The van der Waals surface area contributed by atoms with Gasteiger partial charge in [0, 0.05) is 5.41 Å². The Morgan fingerprint density at radius 2 is 0.968 bits per heavy atom. The first kappa shape index (κ1) is 19.1. The molecule has 0 bridgehead atoms. The molecule has 0 heterocycles. The smallest absolute Gasteiger partial charge is 0.138 e. The van der Waals surface area contributed by atoms with E-state index in [0.29, 0.717) is 24.2 Å². The monoisotopic (exact) mass is 408 g/mol. The SMILES string of the molecule is Nc1cc2c(cc1O)C(Cc1ccccc1)(Cc1ccccc1)c1cc(O)c(N)cc1-2. The molecular weight excluding hydrogens is 384 g/mol. The van der Waals surface area contributed by atoms with E-state index in [0.717, 1.165) is 22.3 Å². The van der Waals surface area contributed by atoms with E-state index in [4.69, 9.17) is 11.5 Å². The van der Waals surface area contributed by atoms with Crippen LogP contribution in [0.4, 0.5) is 11.4 Å². The molecular formula is C27H24N2O2. The molecule has 154 valence electrons. The van der Waals surface area contributed by atoms with Gasteiger partial charge < -0.3 is 21.7 Å². The molecule has 1 aliphatic rings. The zero-order valence-corrected chi connectivity index (χ0v) is 17.0. The van der Waals surface area contributed by atoms with Gasteiger partial charge in [0.1, 0.15) is 11.5 Å². The molecule has 0 radical (unpaired) electrons. The average molecular weight is 409 g/mol. The summed E-state index contributed by atoms with van der Waals surface area (Å²) in [6.07, 6.45) is 1.41. The summed E-state index contributed by atoms with van der Waals surface area (Å²) >= 11 is 0. The van der Waals surface area contributed by atoms with Gasteiger partial charge in [-0.25, -0.2) is 0 Å². The van der Waals surface area contributed by atoms with Crippen LogP contribution >= 0.6 is 0 Å². The predicted molar refractivity (Wildman–Crippen MR) is 125 cm³/mol. The normalized spacial score (nSPS) is 13.5. The van der Waals surface area contributed by atoms with Gasteiger partial charge in [-0.2, -0.15) is 0 Å². The fourth-order valence-electron chi connectivity index (χ4n) is 4.92. The van der Waals surface area contributed by atoms with Crippen molar-refractivity contribution in [1.82, 2.24) is 0 Å². The van der Waals surface area contributed by atoms with Crippen LogP contribution < -0.4 is 11.5 Å². The van der Waals surface area contributed by atoms with Crippen molar-refractivity contribution in [3.63, 3.8) is 0 Å². The van der Waals surface area contributed by atoms with Crippen molar-refractivity contribution in [2.75, 3.05) is 11.5 Å². The Hall–Kier alpha value is -3.92. The lowest BCUT2D eigenvalue weighted by atomic mass is 9.69. The van der Waals surface area contributed by atoms with Gasteiger partial charge in [-0.3, -0.25) is 0 Å². The van der Waals surface area contributed by atoms with Gasteiger partial charge in [0.15, 0.2) is 0 Å². The highest BCUT2D eigenvalue weighted by atomic mass is 16.3. The number of phenols is 2. The number of hydrogen-bond acceptors (Lipinski definition) is 4. The zero-order chi connectivity index (χ0) is 21.6. The van der Waals surface area contributed by atoms with Crippen LogP contribution in [0.3, 0.4) is 0 Å². The first-order chi connectivity index (χ1) is 15.0. The third-order valence-corrected chi connectivity index (χ3v) is 6.35. The highest BCUT2D eigenvalue weighted by Crippen LogP contribution is 2.55. The summed E-state index contributed by atoms with van der Waals surface area (Å²) in [5.74, 6) is 0.128. The van der Waals surface area contributed by atoms with E-state index in [1.54, 1.807) is 12.1 Å². The van der Waals surface area contributed by atoms with E-state index in [2.05, 4.69) is 24.3 Å². The Kier molecular flexibility index (Phi) is 4.36. The van der Waals surface area contributed by atoms with Crippen LogP contribution in [-0.4, -0.2) is 10.2 Å². The molecule has 4 heteroatoms. The van der Waals surface area contributed by atoms with E-state index in [-0.39, 0.29) is 11.5 Å². The van der Waals surface area contributed by atoms with Gasteiger partial charge >= 0.3 is 0 Å². The number of benzene rings is 4. The molecule has 0 amide bonds. The van der Waals surface area contributed by atoms with Gasteiger partial charge in [-0.15, -0.1) is 0 Å². The topological polar surface area (TPSA) is 92.5 Å². The fraction of sp³-hybridized carbons (Fsp3) is 0.111. The number of anilines is 2. The number of nitrogens with two attached hydrogens (primary N) is 2. The summed E-state index contributed by atoms with van der Waals surface area (Å²) < 4.78 is 0. The molecule has 4 aromatic rings. The Morgan fingerprint density at radius 1 is 0.581 bits per heavy atom. The Balaban J connectivity index is 1.82. The summed E-state index contributed by atoms with van der Waals surface area (Å²) in [5, 5.41) is 21.1. The molecule has 0 aromatic heterocycles. The average Bonchev–Trinajstić information content (AvgIpc) is 2.99. The summed E-state index contributed by atoms with van der Waals surface area (Å²) in [6.45, 7) is 0. The van der Waals surface area contributed by atoms with Gasteiger partial charge in [-0.1, -0.05) is 60.7 Å². The molecule has 0 unspecified atom stereocenters. The van der Waals surface area contributed by atoms with Crippen LogP contribution in [0.2, 0.25) is 0 Å². The molecule has 1 aliphatic carbocycles. The summed E-state index contributed by atoms with van der Waals surface area (Å²) in [5.41, 5.74) is 18.5. The minimum Gasteiger partial charge on any atom is -0.506 e. The first-order valence-corrected chi connectivity index (χ1v) is 10.3. The van der Waals surface area contributed by atoms with Gasteiger partial charge in [0.25, 0.3) is 0 Å². The number of nitrogen functional groups attached to an aromatic ring is 2. The highest BCUT2D eigenvalue weighted by Gasteiger charge is 2.44. The van der Waals surface area contributed by atoms with E-state index >= 15 is 0 Å². The van der Waals surface area contributed by atoms with Crippen molar-refractivity contribution < 1.29 is 10.2 Å². The predicted octanol–water partition coefficient (Wildman–Crippen LogP) is 5.01. The van der Waals surface area contributed by atoms with Crippen molar-refractivity contribution in [1.29, 1.82) is 0 Å². The largest absolute Gasteiger partial charge is 0.506 e. The van der Waals surface area contributed by atoms with Crippen LogP contribution in [0.15, 0.2) is 84.9 Å². The Morgan fingerprint density at radius 3 is 1.35 bits per heavy atom. The van der Waals surface area contributed by atoms with Crippen LogP contribution in [0.5, 0.6) is 11.5 Å². The first-order valence-electron chi connectivity index (χ1n) is 10.3. The summed E-state index contributed by atoms with van der Waals surface area (Å²) in [6, 6.07) is 27.8. The zero-order valence-electron chi connectivity index (χ0n) is 17.0. The lowest BCUT2D eigenvalue weighted by Gasteiger charge is -2.33. The molecule has 0 fully saturated rings. The minimum atomic E-state index is -0.496. The standard InChI is InChI=1S/C27H24N2O2/c28-23-11-19-20-12-24(29)26(31)14-22(20)27(21(19)13-25(23)30,15-17-7-3-1-4-8-17)16-18-9-5-2-6-10-18/h1-14,30-31H,15-16,28-29H2. The number of hydrogen-bond donors (Lipinski definition) is 4. The molecule has 0 saturated carbocycles. The van der Waals surface area contributed by atoms with Crippen LogP contribution in [0, 0.1) is 0 Å². The second kappa shape index (κ2) is 7.10. The molecule has 5 rings (SSSR count). The number of fused-ring (bicyclic) bond motifs is 3.